The van der Waals surface area contributed by atoms with Crippen molar-refractivity contribution in [1.82, 2.24) is 0 Å². The van der Waals surface area contributed by atoms with E-state index in [-0.39, 0.29) is 153 Å². The molecule has 0 aliphatic carbocycles. The average Bonchev–Trinajstić information content (AvgIpc) is 2.12. The fourth-order valence-corrected chi connectivity index (χ4v) is 0.980. The minimum absolute atomic E-state index is 0. The first-order valence-corrected chi connectivity index (χ1v) is 5.34. The zero-order valence-corrected chi connectivity index (χ0v) is 35.3. The summed E-state index contributed by atoms with van der Waals surface area (Å²) in [6.45, 7) is 1.49. The van der Waals surface area contributed by atoms with Gasteiger partial charge < -0.3 is 0 Å². The number of hydrogen-bond donors (Lipinski definition) is 1. The molecule has 0 spiro atoms. The molecule has 0 aromatic carbocycles. The summed E-state index contributed by atoms with van der Waals surface area (Å²) in [5.41, 5.74) is -0.512. The summed E-state index contributed by atoms with van der Waals surface area (Å²) in [4.78, 5) is 10.7. The molecule has 0 aromatic heterocycles. The second-order valence-corrected chi connectivity index (χ2v) is 3.08. The number of aliphatic hydroxyl groups is 1. The third kappa shape index (κ3) is 22.7. The van der Waals surface area contributed by atoms with Crippen LogP contribution in [0.5, 0.6) is 0 Å². The van der Waals surface area contributed by atoms with Gasteiger partial charge in [-0.3, -0.25) is 0 Å². The van der Waals surface area contributed by atoms with E-state index >= 15 is 0 Å². The normalized spacial score (nSPS) is 7.21. The maximum Gasteiger partial charge on any atom is 0 e. The summed E-state index contributed by atoms with van der Waals surface area (Å²) >= 11 is 1.56. The van der Waals surface area contributed by atoms with Crippen LogP contribution >= 0.6 is 0 Å². The molecule has 14 heteroatoms. The van der Waals surface area contributed by atoms with Crippen LogP contribution in [0.4, 0.5) is 0 Å². The molecule has 0 atom stereocenters. The molecule has 0 rings (SSSR count). The first-order chi connectivity index (χ1) is 5.54. The van der Waals surface area contributed by atoms with Crippen LogP contribution in [0.2, 0.25) is 0 Å². The molecule has 106 valence electrons. The smallest absolute Gasteiger partial charge is 0 e. The Morgan fingerprint density at radius 2 is 1.26 bits per heavy atom. The topological polar surface area (TPSA) is 84.3 Å². The van der Waals surface area contributed by atoms with Crippen LogP contribution in [0.15, 0.2) is 18.4 Å². The third-order valence-corrected chi connectivity index (χ3v) is 2.57. The van der Waals surface area contributed by atoms with E-state index in [0.717, 1.165) is 19.6 Å². The number of aliphatic hydroxyl groups excluding tert-OH is 1. The predicted octanol–water partition coefficient (Wildman–Crippen LogP) is 0.756. The summed E-state index contributed by atoms with van der Waals surface area (Å²) in [6, 6.07) is 0. The van der Waals surface area contributed by atoms with Gasteiger partial charge in [0.25, 0.3) is 0 Å². The molecule has 0 unspecified atom stereocenters. The van der Waals surface area contributed by atoms with Crippen molar-refractivity contribution in [2.45, 2.75) is 6.92 Å². The van der Waals surface area contributed by atoms with Crippen molar-refractivity contribution in [3.05, 3.63) is 16.9 Å². The Morgan fingerprint density at radius 1 is 0.947 bits per heavy atom. The van der Waals surface area contributed by atoms with Crippen LogP contribution in [0.3, 0.4) is 0 Å². The van der Waals surface area contributed by atoms with E-state index in [1.807, 2.05) is 0 Å². The van der Waals surface area contributed by atoms with Gasteiger partial charge in [-0.25, -0.2) is 0 Å². The molecule has 0 saturated heterocycles. The van der Waals surface area contributed by atoms with E-state index in [0.29, 0.717) is 19.6 Å². The van der Waals surface area contributed by atoms with Crippen LogP contribution in [-0.4, -0.2) is 16.7 Å². The molecule has 0 aromatic rings. The number of amides is 1. The molecule has 0 aliphatic heterocycles. The maximum atomic E-state index is 10.7. The van der Waals surface area contributed by atoms with Crippen molar-refractivity contribution in [1.29, 1.82) is 0 Å². The number of nitrogens with zero attached hydrogens (tertiary/aromatic N) is 3. The average molecular weight is 1790 g/mol. The molecule has 19 heavy (non-hydrogen) atoms. The molecular formula is C5H4N3O2W9-. The quantitative estimate of drug-likeness (QED) is 0.335. The second-order valence-electron chi connectivity index (χ2n) is 1.77. The van der Waals surface area contributed by atoms with Gasteiger partial charge in [0.15, 0.2) is 0 Å². The summed E-state index contributed by atoms with van der Waals surface area (Å²) in [7, 11) is 0. The van der Waals surface area contributed by atoms with E-state index < -0.39 is 17.4 Å². The molecule has 0 saturated carbocycles. The van der Waals surface area contributed by atoms with Gasteiger partial charge in [-0.2, -0.15) is 0 Å². The number of carbonyl (C=O) groups excluding carboxylic acids is 1. The monoisotopic (exact) mass is 1790 g/mol. The van der Waals surface area contributed by atoms with Crippen molar-refractivity contribution < 1.29 is 197 Å². The van der Waals surface area contributed by atoms with Gasteiger partial charge in [-0.05, 0) is 0 Å². The maximum absolute atomic E-state index is 10.7. The Bertz CT molecular complexity index is 296. The fourth-order valence-electron chi connectivity index (χ4n) is 0.359. The van der Waals surface area contributed by atoms with Gasteiger partial charge in [0.2, 0.25) is 0 Å². The molecule has 0 aliphatic rings. The first-order valence-electron chi connectivity index (χ1n) is 2.71. The van der Waals surface area contributed by atoms with Gasteiger partial charge in [0.1, 0.15) is 0 Å². The Kier molecular flexibility index (Phi) is 79.6. The van der Waals surface area contributed by atoms with Crippen LogP contribution in [0, 0.1) is 0 Å². The number of rotatable bonds is 3. The van der Waals surface area contributed by atoms with Gasteiger partial charge >= 0.3 is 91.6 Å². The largest absolute Gasteiger partial charge is 0 e. The van der Waals surface area contributed by atoms with Crippen LogP contribution in [0.25, 0.3) is 5.41 Å². The molecule has 0 bridgehead atoms. The van der Waals surface area contributed by atoms with Gasteiger partial charge in [0.05, 0.1) is 0 Å². The molecule has 5 nitrogen and oxygen atoms in total. The number of allylic oxidation sites excluding steroid dienone is 1. The Hall–Kier alpha value is 4.67. The van der Waals surface area contributed by atoms with Crippen LogP contribution in [-0.2, 0) is 192 Å². The summed E-state index contributed by atoms with van der Waals surface area (Å²) in [5.74, 6) is -1.32. The van der Waals surface area contributed by atoms with E-state index in [1.165, 1.54) is 6.92 Å². The molecule has 1 N–H and O–H groups in total. The molecule has 0 heterocycles. The van der Waals surface area contributed by atoms with E-state index in [4.69, 9.17) is 10.5 Å². The number of carbonyl (C=O) groups is 1. The zero-order valence-electron chi connectivity index (χ0n) is 8.87. The van der Waals surface area contributed by atoms with Crippen LogP contribution in [0.1, 0.15) is 6.92 Å². The molecular weight excluding hydrogens is 1790 g/mol. The van der Waals surface area contributed by atoms with Crippen molar-refractivity contribution in [3.63, 3.8) is 0 Å². The first kappa shape index (κ1) is 49.5. The molecule has 0 radical (unpaired) electrons. The SMILES string of the molecule is CC([N]=[W])=C(O)C(=[N-])C(=O)[N]=[W].[W].[W].[W].[W].[W].[W].[W]. The van der Waals surface area contributed by atoms with Gasteiger partial charge in [-0.15, -0.1) is 0 Å². The van der Waals surface area contributed by atoms with Crippen molar-refractivity contribution >= 4 is 11.6 Å². The Labute approximate surface area is 234 Å². The van der Waals surface area contributed by atoms with Gasteiger partial charge in [-0.1, -0.05) is 0 Å². The minimum Gasteiger partial charge on any atom is 0 e. The summed E-state index contributed by atoms with van der Waals surface area (Å²) in [5, 5.41) is 18.1. The summed E-state index contributed by atoms with van der Waals surface area (Å²) < 4.78 is 6.93. The molecule has 1 amide bonds. The standard InChI is InChI=1S/C5H4N3O2.9W/c1-2(6)4(9)3(7)5(8)10;;;;;;;;;/h9H,1H3;;;;;;;;;/q-1;;;;;;;;;. The van der Waals surface area contributed by atoms with Gasteiger partial charge in [0, 0.05) is 147 Å². The predicted molar refractivity (Wildman–Crippen MR) is 33.6 cm³/mol. The number of hydrogen-bond acceptors (Lipinski definition) is 3. The zero-order chi connectivity index (χ0) is 9.72. The Balaban J connectivity index is -0.0000000288. The van der Waals surface area contributed by atoms with Crippen LogP contribution < -0.4 is 0 Å². The minimum atomic E-state index is -0.819. The third-order valence-electron chi connectivity index (χ3n) is 0.989. The summed E-state index contributed by atoms with van der Waals surface area (Å²) in [6.07, 6.45) is 0. The fraction of sp³-hybridized carbons (Fsp3) is 0.200. The van der Waals surface area contributed by atoms with E-state index in [1.54, 1.807) is 0 Å². The second kappa shape index (κ2) is 30.5. The van der Waals surface area contributed by atoms with E-state index in [9.17, 15) is 4.79 Å². The molecule has 0 fully saturated rings. The van der Waals surface area contributed by atoms with Crippen molar-refractivity contribution in [3.8, 4) is 0 Å². The van der Waals surface area contributed by atoms with Crippen molar-refractivity contribution in [2.24, 2.45) is 6.99 Å². The van der Waals surface area contributed by atoms with Crippen molar-refractivity contribution in [2.75, 3.05) is 0 Å². The van der Waals surface area contributed by atoms with E-state index in [2.05, 4.69) is 6.99 Å². The Morgan fingerprint density at radius 3 is 1.47 bits per heavy atom.